The molecule has 0 unspecified atom stereocenters. The quantitative estimate of drug-likeness (QED) is 0.395. The van der Waals surface area contributed by atoms with Crippen LogP contribution in [-0.4, -0.2) is 23.5 Å². The Labute approximate surface area is 198 Å². The monoisotopic (exact) mass is 465 g/mol. The van der Waals surface area contributed by atoms with E-state index in [9.17, 15) is 9.59 Å². The lowest BCUT2D eigenvalue weighted by Crippen LogP contribution is -2.34. The molecule has 0 aliphatic heterocycles. The SMILES string of the molecule is CC(C)CCOc1ccc(C(=O)NC(=S)Nc2ccc(C(=O)NCc3ccco3)cc2)cc1. The molecule has 0 aliphatic carbocycles. The number of carbonyl (C=O) groups excluding carboxylic acids is 2. The number of hydrogen-bond acceptors (Lipinski definition) is 5. The van der Waals surface area contributed by atoms with E-state index in [0.717, 1.165) is 12.2 Å². The van der Waals surface area contributed by atoms with Gasteiger partial charge in [0.1, 0.15) is 11.5 Å². The minimum absolute atomic E-state index is 0.160. The lowest BCUT2D eigenvalue weighted by Gasteiger charge is -2.11. The molecule has 7 nitrogen and oxygen atoms in total. The molecular weight excluding hydrogens is 438 g/mol. The topological polar surface area (TPSA) is 92.6 Å². The zero-order valence-electron chi connectivity index (χ0n) is 18.6. The van der Waals surface area contributed by atoms with E-state index in [4.69, 9.17) is 21.4 Å². The van der Waals surface area contributed by atoms with Crippen molar-refractivity contribution in [2.24, 2.45) is 5.92 Å². The maximum Gasteiger partial charge on any atom is 0.257 e. The van der Waals surface area contributed by atoms with Gasteiger partial charge < -0.3 is 19.8 Å². The van der Waals surface area contributed by atoms with Crippen molar-refractivity contribution < 1.29 is 18.7 Å². The summed E-state index contributed by atoms with van der Waals surface area (Å²) in [6, 6.07) is 17.2. The highest BCUT2D eigenvalue weighted by Gasteiger charge is 2.10. The van der Waals surface area contributed by atoms with Gasteiger partial charge in [-0.15, -0.1) is 0 Å². The van der Waals surface area contributed by atoms with Gasteiger partial charge in [-0.25, -0.2) is 0 Å². The maximum atomic E-state index is 12.4. The molecule has 3 aromatic rings. The summed E-state index contributed by atoms with van der Waals surface area (Å²) in [6.07, 6.45) is 2.53. The number of carbonyl (C=O) groups is 2. The molecule has 33 heavy (non-hydrogen) atoms. The smallest absolute Gasteiger partial charge is 0.257 e. The summed E-state index contributed by atoms with van der Waals surface area (Å²) in [4.78, 5) is 24.7. The van der Waals surface area contributed by atoms with E-state index in [0.29, 0.717) is 41.6 Å². The number of amides is 2. The molecule has 0 fully saturated rings. The molecular formula is C25H27N3O4S. The molecule has 3 N–H and O–H groups in total. The van der Waals surface area contributed by atoms with Crippen LogP contribution in [0.25, 0.3) is 0 Å². The van der Waals surface area contributed by atoms with E-state index < -0.39 is 0 Å². The summed E-state index contributed by atoms with van der Waals surface area (Å²) >= 11 is 5.23. The molecule has 0 bridgehead atoms. The molecule has 2 amide bonds. The first kappa shape index (κ1) is 24.0. The number of rotatable bonds is 9. The van der Waals surface area contributed by atoms with Crippen molar-refractivity contribution in [2.75, 3.05) is 11.9 Å². The lowest BCUT2D eigenvalue weighted by molar-refractivity contribution is 0.0946. The van der Waals surface area contributed by atoms with Crippen LogP contribution in [-0.2, 0) is 6.54 Å². The fourth-order valence-corrected chi connectivity index (χ4v) is 3.05. The van der Waals surface area contributed by atoms with Crippen molar-refractivity contribution in [3.05, 3.63) is 83.8 Å². The fourth-order valence-electron chi connectivity index (χ4n) is 2.84. The molecule has 0 spiro atoms. The molecule has 0 atom stereocenters. The summed E-state index contributed by atoms with van der Waals surface area (Å²) in [6.45, 7) is 5.24. The van der Waals surface area contributed by atoms with Gasteiger partial charge in [-0.1, -0.05) is 13.8 Å². The van der Waals surface area contributed by atoms with E-state index in [1.165, 1.54) is 0 Å². The summed E-state index contributed by atoms with van der Waals surface area (Å²) in [5, 5.41) is 8.53. The number of hydrogen-bond donors (Lipinski definition) is 3. The van der Waals surface area contributed by atoms with Gasteiger partial charge in [0.05, 0.1) is 19.4 Å². The highest BCUT2D eigenvalue weighted by atomic mass is 32.1. The number of nitrogens with one attached hydrogen (secondary N) is 3. The summed E-state index contributed by atoms with van der Waals surface area (Å²) in [7, 11) is 0. The second kappa shape index (κ2) is 11.8. The molecule has 0 aliphatic rings. The molecule has 8 heteroatoms. The van der Waals surface area contributed by atoms with Crippen LogP contribution < -0.4 is 20.7 Å². The molecule has 0 radical (unpaired) electrons. The molecule has 2 aromatic carbocycles. The first-order chi connectivity index (χ1) is 15.9. The Morgan fingerprint density at radius 1 is 0.970 bits per heavy atom. The Hall–Kier alpha value is -3.65. The van der Waals surface area contributed by atoms with Gasteiger partial charge in [-0.3, -0.25) is 14.9 Å². The Kier molecular flexibility index (Phi) is 8.60. The molecule has 0 saturated heterocycles. The number of furan rings is 1. The predicted molar refractivity (Wildman–Crippen MR) is 131 cm³/mol. The van der Waals surface area contributed by atoms with Crippen molar-refractivity contribution in [1.82, 2.24) is 10.6 Å². The largest absolute Gasteiger partial charge is 0.494 e. The molecule has 3 rings (SSSR count). The van der Waals surface area contributed by atoms with Crippen LogP contribution in [0.3, 0.4) is 0 Å². The number of ether oxygens (including phenoxy) is 1. The molecule has 1 heterocycles. The standard InChI is InChI=1S/C25H27N3O4S/c1-17(2)13-15-32-21-11-7-19(8-12-21)24(30)28-25(33)27-20-9-5-18(6-10-20)23(29)26-16-22-4-3-14-31-22/h3-12,14,17H,13,15-16H2,1-2H3,(H,26,29)(H2,27,28,30,33). The Morgan fingerprint density at radius 2 is 1.64 bits per heavy atom. The highest BCUT2D eigenvalue weighted by molar-refractivity contribution is 7.80. The highest BCUT2D eigenvalue weighted by Crippen LogP contribution is 2.14. The molecule has 0 saturated carbocycles. The van der Waals surface area contributed by atoms with E-state index >= 15 is 0 Å². The lowest BCUT2D eigenvalue weighted by atomic mass is 10.1. The molecule has 172 valence electrons. The van der Waals surface area contributed by atoms with Gasteiger partial charge in [-0.05, 0) is 85.2 Å². The van der Waals surface area contributed by atoms with Gasteiger partial charge in [0.2, 0.25) is 0 Å². The van der Waals surface area contributed by atoms with Crippen LogP contribution in [0, 0.1) is 5.92 Å². The predicted octanol–water partition coefficient (Wildman–Crippen LogP) is 4.76. The van der Waals surface area contributed by atoms with Crippen molar-refractivity contribution in [3.8, 4) is 5.75 Å². The average Bonchev–Trinajstić information content (AvgIpc) is 3.32. The third-order valence-electron chi connectivity index (χ3n) is 4.72. The second-order valence-corrected chi connectivity index (χ2v) is 8.21. The van der Waals surface area contributed by atoms with Crippen molar-refractivity contribution >= 4 is 34.8 Å². The van der Waals surface area contributed by atoms with Crippen LogP contribution in [0.2, 0.25) is 0 Å². The zero-order valence-corrected chi connectivity index (χ0v) is 19.4. The Bertz CT molecular complexity index is 1060. The fraction of sp³-hybridized carbons (Fsp3) is 0.240. The van der Waals surface area contributed by atoms with E-state index in [1.807, 2.05) is 0 Å². The average molecular weight is 466 g/mol. The summed E-state index contributed by atoms with van der Waals surface area (Å²) in [5.41, 5.74) is 1.62. The van der Waals surface area contributed by atoms with Crippen LogP contribution in [0.1, 0.15) is 46.7 Å². The van der Waals surface area contributed by atoms with Crippen LogP contribution >= 0.6 is 12.2 Å². The van der Waals surface area contributed by atoms with Crippen molar-refractivity contribution in [2.45, 2.75) is 26.8 Å². The van der Waals surface area contributed by atoms with Crippen molar-refractivity contribution in [3.63, 3.8) is 0 Å². The van der Waals surface area contributed by atoms with Gasteiger partial charge >= 0.3 is 0 Å². The molecule has 1 aromatic heterocycles. The van der Waals surface area contributed by atoms with E-state index in [1.54, 1.807) is 66.9 Å². The first-order valence-corrected chi connectivity index (χ1v) is 11.1. The van der Waals surface area contributed by atoms with E-state index in [2.05, 4.69) is 29.8 Å². The van der Waals surface area contributed by atoms with Crippen LogP contribution in [0.15, 0.2) is 71.3 Å². The normalized spacial score (nSPS) is 10.5. The Balaban J connectivity index is 1.45. The Morgan fingerprint density at radius 3 is 2.27 bits per heavy atom. The first-order valence-electron chi connectivity index (χ1n) is 10.7. The minimum Gasteiger partial charge on any atom is -0.494 e. The summed E-state index contributed by atoms with van der Waals surface area (Å²) in [5.74, 6) is 1.43. The second-order valence-electron chi connectivity index (χ2n) is 7.80. The van der Waals surface area contributed by atoms with Crippen molar-refractivity contribution in [1.29, 1.82) is 0 Å². The van der Waals surface area contributed by atoms with Crippen LogP contribution in [0.4, 0.5) is 5.69 Å². The van der Waals surface area contributed by atoms with Gasteiger partial charge in [0.25, 0.3) is 11.8 Å². The van der Waals surface area contributed by atoms with Gasteiger partial charge in [0, 0.05) is 16.8 Å². The summed E-state index contributed by atoms with van der Waals surface area (Å²) < 4.78 is 10.9. The third-order valence-corrected chi connectivity index (χ3v) is 4.92. The van der Waals surface area contributed by atoms with Gasteiger partial charge in [0.15, 0.2) is 5.11 Å². The zero-order chi connectivity index (χ0) is 23.6. The maximum absolute atomic E-state index is 12.4. The number of thiocarbonyl (C=S) groups is 1. The third kappa shape index (κ3) is 7.76. The number of anilines is 1. The number of benzene rings is 2. The van der Waals surface area contributed by atoms with Crippen LogP contribution in [0.5, 0.6) is 5.75 Å². The van der Waals surface area contributed by atoms with Gasteiger partial charge in [-0.2, -0.15) is 0 Å². The van der Waals surface area contributed by atoms with E-state index in [-0.39, 0.29) is 16.9 Å². The minimum atomic E-state index is -0.324.